The lowest BCUT2D eigenvalue weighted by Crippen LogP contribution is -2.05. The van der Waals surface area contributed by atoms with Crippen molar-refractivity contribution in [1.29, 1.82) is 0 Å². The summed E-state index contributed by atoms with van der Waals surface area (Å²) < 4.78 is 1.10. The molecule has 17 heavy (non-hydrogen) atoms. The van der Waals surface area contributed by atoms with Gasteiger partial charge in [-0.25, -0.2) is 4.98 Å². The number of thiazole rings is 1. The third kappa shape index (κ3) is 2.91. The fourth-order valence-electron chi connectivity index (χ4n) is 1.99. The van der Waals surface area contributed by atoms with Crippen LogP contribution < -0.4 is 0 Å². The highest BCUT2D eigenvalue weighted by Crippen LogP contribution is 2.24. The van der Waals surface area contributed by atoms with Crippen molar-refractivity contribution < 1.29 is 4.79 Å². The van der Waals surface area contributed by atoms with E-state index < -0.39 is 0 Å². The van der Waals surface area contributed by atoms with Crippen molar-refractivity contribution >= 4 is 27.3 Å². The van der Waals surface area contributed by atoms with Crippen molar-refractivity contribution in [3.8, 4) is 0 Å². The van der Waals surface area contributed by atoms with Gasteiger partial charge in [0, 0.05) is 6.42 Å². The number of nitrogens with zero attached hydrogens (tertiary/aromatic N) is 1. The fourth-order valence-corrected chi connectivity index (χ4v) is 2.90. The van der Waals surface area contributed by atoms with E-state index in [9.17, 15) is 4.79 Å². The highest BCUT2D eigenvalue weighted by molar-refractivity contribution is 7.20. The SMILES string of the molecule is CCCC(C)CC(=O)c1nc2ccccc2s1. The quantitative estimate of drug-likeness (QED) is 0.737. The predicted octanol–water partition coefficient (Wildman–Crippen LogP) is 4.31. The zero-order valence-electron chi connectivity index (χ0n) is 10.3. The van der Waals surface area contributed by atoms with Crippen LogP contribution in [0.1, 0.15) is 42.9 Å². The molecule has 1 unspecified atom stereocenters. The maximum absolute atomic E-state index is 12.0. The van der Waals surface area contributed by atoms with Crippen molar-refractivity contribution in [2.75, 3.05) is 0 Å². The standard InChI is InChI=1S/C14H17NOS/c1-3-6-10(2)9-12(16)14-15-11-7-4-5-8-13(11)17-14/h4-5,7-8,10H,3,6,9H2,1-2H3. The summed E-state index contributed by atoms with van der Waals surface area (Å²) in [6, 6.07) is 7.90. The number of fused-ring (bicyclic) bond motifs is 1. The number of hydrogen-bond acceptors (Lipinski definition) is 3. The number of hydrogen-bond donors (Lipinski definition) is 0. The topological polar surface area (TPSA) is 30.0 Å². The maximum Gasteiger partial charge on any atom is 0.191 e. The highest BCUT2D eigenvalue weighted by atomic mass is 32.1. The minimum Gasteiger partial charge on any atom is -0.292 e. The Morgan fingerprint density at radius 1 is 1.41 bits per heavy atom. The van der Waals surface area contributed by atoms with Gasteiger partial charge in [0.1, 0.15) is 0 Å². The van der Waals surface area contributed by atoms with Crippen LogP contribution in [0.2, 0.25) is 0 Å². The summed E-state index contributed by atoms with van der Waals surface area (Å²) in [5, 5.41) is 0.661. The van der Waals surface area contributed by atoms with Crippen LogP contribution in [0.25, 0.3) is 10.2 Å². The Kier molecular flexibility index (Phi) is 3.89. The average Bonchev–Trinajstić information content (AvgIpc) is 2.72. The van der Waals surface area contributed by atoms with E-state index in [0.717, 1.165) is 23.1 Å². The van der Waals surface area contributed by atoms with Crippen LogP contribution in [0.15, 0.2) is 24.3 Å². The van der Waals surface area contributed by atoms with Gasteiger partial charge < -0.3 is 0 Å². The number of Topliss-reactive ketones (excluding diaryl/α,β-unsaturated/α-hetero) is 1. The van der Waals surface area contributed by atoms with Gasteiger partial charge in [-0.2, -0.15) is 0 Å². The van der Waals surface area contributed by atoms with Crippen molar-refractivity contribution in [1.82, 2.24) is 4.98 Å². The Labute approximate surface area is 106 Å². The summed E-state index contributed by atoms with van der Waals surface area (Å²) in [7, 11) is 0. The minimum atomic E-state index is 0.187. The molecule has 0 N–H and O–H groups in total. The third-order valence-corrected chi connectivity index (χ3v) is 3.93. The van der Waals surface area contributed by atoms with Crippen LogP contribution in [0.4, 0.5) is 0 Å². The molecular weight excluding hydrogens is 230 g/mol. The van der Waals surface area contributed by atoms with Crippen molar-refractivity contribution in [2.45, 2.75) is 33.1 Å². The zero-order chi connectivity index (χ0) is 12.3. The molecular formula is C14H17NOS. The van der Waals surface area contributed by atoms with Gasteiger partial charge in [-0.05, 0) is 18.1 Å². The molecule has 0 saturated heterocycles. The van der Waals surface area contributed by atoms with Crippen LogP contribution in [0.3, 0.4) is 0 Å². The van der Waals surface area contributed by atoms with E-state index in [-0.39, 0.29) is 5.78 Å². The first-order valence-electron chi connectivity index (χ1n) is 6.09. The zero-order valence-corrected chi connectivity index (χ0v) is 11.1. The first kappa shape index (κ1) is 12.2. The van der Waals surface area contributed by atoms with E-state index in [4.69, 9.17) is 0 Å². The molecule has 2 rings (SSSR count). The summed E-state index contributed by atoms with van der Waals surface area (Å²) in [5.41, 5.74) is 0.934. The van der Waals surface area contributed by atoms with Crippen LogP contribution in [-0.4, -0.2) is 10.8 Å². The first-order valence-corrected chi connectivity index (χ1v) is 6.91. The molecule has 0 aliphatic heterocycles. The molecule has 0 amide bonds. The maximum atomic E-state index is 12.0. The van der Waals surface area contributed by atoms with Crippen LogP contribution in [0.5, 0.6) is 0 Å². The van der Waals surface area contributed by atoms with Gasteiger partial charge in [0.25, 0.3) is 0 Å². The Morgan fingerprint density at radius 3 is 2.88 bits per heavy atom. The second-order valence-electron chi connectivity index (χ2n) is 4.51. The molecule has 0 saturated carbocycles. The van der Waals surface area contributed by atoms with Gasteiger partial charge in [0.05, 0.1) is 10.2 Å². The molecule has 0 radical (unpaired) electrons. The molecule has 3 heteroatoms. The lowest BCUT2D eigenvalue weighted by molar-refractivity contribution is 0.0962. The largest absolute Gasteiger partial charge is 0.292 e. The molecule has 0 bridgehead atoms. The number of ketones is 1. The molecule has 1 aromatic heterocycles. The van der Waals surface area contributed by atoms with Gasteiger partial charge in [0.2, 0.25) is 0 Å². The average molecular weight is 247 g/mol. The van der Waals surface area contributed by atoms with E-state index in [1.165, 1.54) is 11.3 Å². The molecule has 2 nitrogen and oxygen atoms in total. The highest BCUT2D eigenvalue weighted by Gasteiger charge is 2.14. The molecule has 90 valence electrons. The van der Waals surface area contributed by atoms with Crippen LogP contribution in [-0.2, 0) is 0 Å². The molecule has 0 spiro atoms. The van der Waals surface area contributed by atoms with Gasteiger partial charge in [-0.3, -0.25) is 4.79 Å². The second-order valence-corrected chi connectivity index (χ2v) is 5.54. The predicted molar refractivity (Wildman–Crippen MR) is 72.6 cm³/mol. The van der Waals surface area contributed by atoms with Crippen molar-refractivity contribution in [3.63, 3.8) is 0 Å². The van der Waals surface area contributed by atoms with E-state index >= 15 is 0 Å². The third-order valence-electron chi connectivity index (χ3n) is 2.85. The summed E-state index contributed by atoms with van der Waals surface area (Å²) >= 11 is 1.50. The Morgan fingerprint density at radius 2 is 2.18 bits per heavy atom. The van der Waals surface area contributed by atoms with Gasteiger partial charge in [-0.1, -0.05) is 38.8 Å². The Bertz CT molecular complexity index is 485. The molecule has 0 aliphatic carbocycles. The normalized spacial score (nSPS) is 12.8. The lowest BCUT2D eigenvalue weighted by atomic mass is 10.00. The van der Waals surface area contributed by atoms with E-state index in [2.05, 4.69) is 18.8 Å². The second kappa shape index (κ2) is 5.41. The lowest BCUT2D eigenvalue weighted by Gasteiger charge is -2.06. The van der Waals surface area contributed by atoms with Crippen molar-refractivity contribution in [3.05, 3.63) is 29.3 Å². The van der Waals surface area contributed by atoms with Crippen LogP contribution >= 0.6 is 11.3 Å². The van der Waals surface area contributed by atoms with Gasteiger partial charge in [0.15, 0.2) is 10.8 Å². The molecule has 0 fully saturated rings. The number of aromatic nitrogens is 1. The molecule has 2 aromatic rings. The Balaban J connectivity index is 2.13. The van der Waals surface area contributed by atoms with Gasteiger partial charge in [-0.15, -0.1) is 11.3 Å². The summed E-state index contributed by atoms with van der Waals surface area (Å²) in [4.78, 5) is 16.4. The molecule has 1 heterocycles. The molecule has 1 aromatic carbocycles. The Hall–Kier alpha value is -1.22. The number of para-hydroxylation sites is 1. The smallest absolute Gasteiger partial charge is 0.191 e. The summed E-state index contributed by atoms with van der Waals surface area (Å²) in [5.74, 6) is 0.645. The fraction of sp³-hybridized carbons (Fsp3) is 0.429. The number of rotatable bonds is 5. The minimum absolute atomic E-state index is 0.187. The van der Waals surface area contributed by atoms with Gasteiger partial charge >= 0.3 is 0 Å². The molecule has 1 atom stereocenters. The van der Waals surface area contributed by atoms with E-state index in [0.29, 0.717) is 17.3 Å². The number of carbonyl (C=O) groups is 1. The van der Waals surface area contributed by atoms with E-state index in [1.807, 2.05) is 24.3 Å². The van der Waals surface area contributed by atoms with Crippen LogP contribution in [0, 0.1) is 5.92 Å². The summed E-state index contributed by atoms with van der Waals surface area (Å²) in [6.07, 6.45) is 2.86. The number of carbonyl (C=O) groups excluding carboxylic acids is 1. The summed E-state index contributed by atoms with van der Waals surface area (Å²) in [6.45, 7) is 4.29. The number of benzene rings is 1. The first-order chi connectivity index (χ1) is 8.20. The van der Waals surface area contributed by atoms with E-state index in [1.54, 1.807) is 0 Å². The monoisotopic (exact) mass is 247 g/mol. The molecule has 0 aliphatic rings. The van der Waals surface area contributed by atoms with Crippen molar-refractivity contribution in [2.24, 2.45) is 5.92 Å².